The Morgan fingerprint density at radius 3 is 2.71 bits per heavy atom. The number of aryl methyl sites for hydroxylation is 1. The third-order valence-corrected chi connectivity index (χ3v) is 4.93. The predicted octanol–water partition coefficient (Wildman–Crippen LogP) is 2.23. The average Bonchev–Trinajstić information content (AvgIpc) is 2.77. The molecule has 1 aliphatic rings. The lowest BCUT2D eigenvalue weighted by Gasteiger charge is -2.32. The van der Waals surface area contributed by atoms with Crippen molar-refractivity contribution < 1.29 is 19.2 Å². The minimum Gasteiger partial charge on any atom is -0.466 e. The average molecular weight is 428 g/mol. The van der Waals surface area contributed by atoms with Gasteiger partial charge in [-0.2, -0.15) is 0 Å². The van der Waals surface area contributed by atoms with Crippen molar-refractivity contribution in [1.82, 2.24) is 15.4 Å². The standard InChI is InChI=1S/C20H24N6O5/c1-3-31-20(28)15-5-4-10-25(11-15)18-16(26(29)30)17(21-12-22-18)23-24-19(27)14-8-6-13(2)7-9-14/h6-9,12,15H,3-5,10-11H2,1-2H3,(H,24,27)(H,21,22,23). The maximum Gasteiger partial charge on any atom is 0.355 e. The van der Waals surface area contributed by atoms with Crippen LogP contribution in [0.3, 0.4) is 0 Å². The number of nitro groups is 1. The van der Waals surface area contributed by atoms with Crippen molar-refractivity contribution in [2.75, 3.05) is 30.0 Å². The van der Waals surface area contributed by atoms with Crippen LogP contribution in [0.1, 0.15) is 35.7 Å². The van der Waals surface area contributed by atoms with Gasteiger partial charge in [-0.1, -0.05) is 17.7 Å². The van der Waals surface area contributed by atoms with Gasteiger partial charge < -0.3 is 9.64 Å². The topological polar surface area (TPSA) is 140 Å². The van der Waals surface area contributed by atoms with Gasteiger partial charge in [-0.05, 0) is 38.8 Å². The zero-order valence-corrected chi connectivity index (χ0v) is 17.3. The normalized spacial score (nSPS) is 15.8. The first-order chi connectivity index (χ1) is 14.9. The molecule has 0 saturated carbocycles. The Morgan fingerprint density at radius 2 is 2.03 bits per heavy atom. The van der Waals surface area contributed by atoms with E-state index in [-0.39, 0.29) is 42.4 Å². The molecule has 1 unspecified atom stereocenters. The molecule has 1 aromatic heterocycles. The summed E-state index contributed by atoms with van der Waals surface area (Å²) >= 11 is 0. The van der Waals surface area contributed by atoms with Gasteiger partial charge in [0.2, 0.25) is 11.6 Å². The van der Waals surface area contributed by atoms with Gasteiger partial charge in [0.05, 0.1) is 17.4 Å². The van der Waals surface area contributed by atoms with E-state index >= 15 is 0 Å². The summed E-state index contributed by atoms with van der Waals surface area (Å²) in [6.07, 6.45) is 2.49. The zero-order chi connectivity index (χ0) is 22.4. The first kappa shape index (κ1) is 21.9. The summed E-state index contributed by atoms with van der Waals surface area (Å²) in [5.74, 6) is -1.24. The van der Waals surface area contributed by atoms with Gasteiger partial charge >= 0.3 is 11.7 Å². The summed E-state index contributed by atoms with van der Waals surface area (Å²) in [5, 5.41) is 11.8. The number of amides is 1. The number of ether oxygens (including phenoxy) is 1. The number of carbonyl (C=O) groups is 2. The highest BCUT2D eigenvalue weighted by molar-refractivity contribution is 5.95. The van der Waals surface area contributed by atoms with E-state index in [2.05, 4.69) is 20.8 Å². The molecule has 1 fully saturated rings. The van der Waals surface area contributed by atoms with Crippen LogP contribution in [-0.4, -0.2) is 46.5 Å². The molecule has 11 nitrogen and oxygen atoms in total. The largest absolute Gasteiger partial charge is 0.466 e. The number of nitrogens with one attached hydrogen (secondary N) is 2. The van der Waals surface area contributed by atoms with Gasteiger partial charge in [0.1, 0.15) is 6.33 Å². The van der Waals surface area contributed by atoms with Crippen LogP contribution in [0.25, 0.3) is 0 Å². The summed E-state index contributed by atoms with van der Waals surface area (Å²) in [6.45, 7) is 4.67. The fourth-order valence-electron chi connectivity index (χ4n) is 3.38. The predicted molar refractivity (Wildman–Crippen MR) is 113 cm³/mol. The third-order valence-electron chi connectivity index (χ3n) is 4.93. The second-order valence-corrected chi connectivity index (χ2v) is 7.13. The first-order valence-corrected chi connectivity index (χ1v) is 9.94. The van der Waals surface area contributed by atoms with Crippen molar-refractivity contribution in [3.05, 3.63) is 51.8 Å². The van der Waals surface area contributed by atoms with E-state index in [1.54, 1.807) is 36.1 Å². The van der Waals surface area contributed by atoms with E-state index < -0.39 is 10.8 Å². The molecule has 0 radical (unpaired) electrons. The highest BCUT2D eigenvalue weighted by Gasteiger charge is 2.33. The molecule has 31 heavy (non-hydrogen) atoms. The Kier molecular flexibility index (Phi) is 6.96. The van der Waals surface area contributed by atoms with Gasteiger partial charge in [0.15, 0.2) is 0 Å². The number of aromatic nitrogens is 2. The number of hydrogen-bond donors (Lipinski definition) is 2. The highest BCUT2D eigenvalue weighted by atomic mass is 16.6. The zero-order valence-electron chi connectivity index (χ0n) is 17.3. The molecule has 2 N–H and O–H groups in total. The lowest BCUT2D eigenvalue weighted by Crippen LogP contribution is -2.40. The van der Waals surface area contributed by atoms with E-state index in [9.17, 15) is 19.7 Å². The Balaban J connectivity index is 1.79. The molecule has 1 aliphatic heterocycles. The molecular formula is C20H24N6O5. The van der Waals surface area contributed by atoms with Gasteiger partial charge in [-0.25, -0.2) is 9.97 Å². The van der Waals surface area contributed by atoms with Crippen LogP contribution in [-0.2, 0) is 9.53 Å². The third kappa shape index (κ3) is 5.24. The first-order valence-electron chi connectivity index (χ1n) is 9.94. The lowest BCUT2D eigenvalue weighted by molar-refractivity contribution is -0.383. The van der Waals surface area contributed by atoms with E-state index in [1.807, 2.05) is 6.92 Å². The number of rotatable bonds is 7. The van der Waals surface area contributed by atoms with E-state index in [0.29, 0.717) is 24.9 Å². The monoisotopic (exact) mass is 428 g/mol. The summed E-state index contributed by atoms with van der Waals surface area (Å²) in [6, 6.07) is 6.87. The van der Waals surface area contributed by atoms with Crippen LogP contribution < -0.4 is 15.8 Å². The molecule has 2 heterocycles. The summed E-state index contributed by atoms with van der Waals surface area (Å²) in [7, 11) is 0. The molecule has 164 valence electrons. The van der Waals surface area contributed by atoms with Crippen molar-refractivity contribution >= 4 is 29.2 Å². The van der Waals surface area contributed by atoms with Crippen LogP contribution in [0, 0.1) is 23.0 Å². The second kappa shape index (κ2) is 9.83. The van der Waals surface area contributed by atoms with Gasteiger partial charge in [-0.3, -0.25) is 30.6 Å². The van der Waals surface area contributed by atoms with E-state index in [4.69, 9.17) is 4.74 Å². The van der Waals surface area contributed by atoms with Gasteiger partial charge in [0.25, 0.3) is 5.91 Å². The number of nitrogens with zero attached hydrogens (tertiary/aromatic N) is 4. The number of hydrogen-bond acceptors (Lipinski definition) is 9. The van der Waals surface area contributed by atoms with Crippen molar-refractivity contribution in [3.8, 4) is 0 Å². The molecule has 2 aromatic rings. The van der Waals surface area contributed by atoms with Crippen LogP contribution in [0.4, 0.5) is 17.3 Å². The van der Waals surface area contributed by atoms with Crippen LogP contribution >= 0.6 is 0 Å². The Hall–Kier alpha value is -3.76. The summed E-state index contributed by atoms with van der Waals surface area (Å²) in [5.41, 5.74) is 5.97. The highest BCUT2D eigenvalue weighted by Crippen LogP contribution is 2.34. The maximum atomic E-state index is 12.3. The molecular weight excluding hydrogens is 404 g/mol. The smallest absolute Gasteiger partial charge is 0.355 e. The van der Waals surface area contributed by atoms with Crippen molar-refractivity contribution in [2.45, 2.75) is 26.7 Å². The van der Waals surface area contributed by atoms with Crippen molar-refractivity contribution in [2.24, 2.45) is 5.92 Å². The molecule has 0 aliphatic carbocycles. The van der Waals surface area contributed by atoms with Crippen LogP contribution in [0.15, 0.2) is 30.6 Å². The van der Waals surface area contributed by atoms with Crippen LogP contribution in [0.5, 0.6) is 0 Å². The Labute approximate surface area is 178 Å². The summed E-state index contributed by atoms with van der Waals surface area (Å²) in [4.78, 5) is 45.3. The molecule has 1 amide bonds. The minimum absolute atomic E-state index is 0.0843. The number of carbonyl (C=O) groups excluding carboxylic acids is 2. The minimum atomic E-state index is -0.607. The lowest BCUT2D eigenvalue weighted by atomic mass is 9.98. The van der Waals surface area contributed by atoms with E-state index in [0.717, 1.165) is 5.56 Å². The van der Waals surface area contributed by atoms with Crippen molar-refractivity contribution in [1.29, 1.82) is 0 Å². The molecule has 1 aromatic carbocycles. The second-order valence-electron chi connectivity index (χ2n) is 7.13. The number of benzene rings is 1. The van der Waals surface area contributed by atoms with Crippen LogP contribution in [0.2, 0.25) is 0 Å². The SMILES string of the molecule is CCOC(=O)C1CCCN(c2ncnc(NNC(=O)c3ccc(C)cc3)c2[N+](=O)[O-])C1. The van der Waals surface area contributed by atoms with E-state index in [1.165, 1.54) is 6.33 Å². The maximum absolute atomic E-state index is 12.3. The molecule has 3 rings (SSSR count). The molecule has 11 heteroatoms. The molecule has 1 saturated heterocycles. The fraction of sp³-hybridized carbons (Fsp3) is 0.400. The fourth-order valence-corrected chi connectivity index (χ4v) is 3.38. The number of piperidine rings is 1. The molecule has 1 atom stereocenters. The van der Waals surface area contributed by atoms with Crippen molar-refractivity contribution in [3.63, 3.8) is 0 Å². The number of anilines is 2. The molecule has 0 bridgehead atoms. The quantitative estimate of drug-likeness (QED) is 0.386. The molecule has 0 spiro atoms. The number of hydrazine groups is 1. The Morgan fingerprint density at radius 1 is 1.29 bits per heavy atom. The summed E-state index contributed by atoms with van der Waals surface area (Å²) < 4.78 is 5.09. The number of esters is 1. The Bertz CT molecular complexity index is 965. The van der Waals surface area contributed by atoms with Gasteiger partial charge in [-0.15, -0.1) is 0 Å². The van der Waals surface area contributed by atoms with Gasteiger partial charge in [0, 0.05) is 18.7 Å².